The number of hydrogen-bond donors (Lipinski definition) is 1. The second-order valence-corrected chi connectivity index (χ2v) is 5.87. The van der Waals surface area contributed by atoms with Gasteiger partial charge < -0.3 is 15.4 Å². The number of hydrogen-bond acceptors (Lipinski definition) is 4. The number of ether oxygens (including phenoxy) is 1. The summed E-state index contributed by atoms with van der Waals surface area (Å²) < 4.78 is 4.84. The Balaban J connectivity index is 2.54. The van der Waals surface area contributed by atoms with Crippen LogP contribution in [0.4, 0.5) is 0 Å². The third-order valence-electron chi connectivity index (χ3n) is 3.64. The largest absolute Gasteiger partial charge is 0.469 e. The number of piperidine rings is 1. The van der Waals surface area contributed by atoms with E-state index >= 15 is 0 Å². The predicted molar refractivity (Wildman–Crippen MR) is 68.6 cm³/mol. The second kappa shape index (κ2) is 5.83. The van der Waals surface area contributed by atoms with E-state index in [4.69, 9.17) is 10.5 Å². The van der Waals surface area contributed by atoms with E-state index in [1.807, 2.05) is 13.8 Å². The first-order valence-corrected chi connectivity index (χ1v) is 6.43. The number of nitrogens with two attached hydrogens (primary N) is 1. The summed E-state index contributed by atoms with van der Waals surface area (Å²) in [6.45, 7) is 8.76. The van der Waals surface area contributed by atoms with E-state index < -0.39 is 5.41 Å². The molecule has 0 aliphatic carbocycles. The Kier molecular flexibility index (Phi) is 4.95. The number of carbonyl (C=O) groups is 1. The molecular formula is C13H26N2O2. The normalized spacial score (nSPS) is 24.4. The monoisotopic (exact) mass is 242 g/mol. The third-order valence-corrected chi connectivity index (χ3v) is 3.64. The first-order chi connectivity index (χ1) is 7.86. The van der Waals surface area contributed by atoms with E-state index in [1.165, 1.54) is 20.0 Å². The lowest BCUT2D eigenvalue weighted by Gasteiger charge is -2.38. The van der Waals surface area contributed by atoms with Crippen LogP contribution in [0, 0.1) is 11.3 Å². The zero-order valence-corrected chi connectivity index (χ0v) is 11.5. The second-order valence-electron chi connectivity index (χ2n) is 5.87. The molecule has 100 valence electrons. The zero-order chi connectivity index (χ0) is 13.1. The van der Waals surface area contributed by atoms with Gasteiger partial charge in [0.25, 0.3) is 0 Å². The van der Waals surface area contributed by atoms with Gasteiger partial charge in [-0.05, 0) is 46.1 Å². The van der Waals surface area contributed by atoms with E-state index in [1.54, 1.807) is 0 Å². The van der Waals surface area contributed by atoms with Crippen molar-refractivity contribution in [3.8, 4) is 0 Å². The highest BCUT2D eigenvalue weighted by atomic mass is 16.5. The van der Waals surface area contributed by atoms with Crippen molar-refractivity contribution in [1.82, 2.24) is 4.90 Å². The molecule has 1 saturated heterocycles. The van der Waals surface area contributed by atoms with Crippen LogP contribution in [0.5, 0.6) is 0 Å². The van der Waals surface area contributed by atoms with Gasteiger partial charge in [-0.25, -0.2) is 0 Å². The van der Waals surface area contributed by atoms with Crippen molar-refractivity contribution in [2.45, 2.75) is 39.7 Å². The molecule has 0 aromatic rings. The quantitative estimate of drug-likeness (QED) is 0.754. The van der Waals surface area contributed by atoms with Crippen molar-refractivity contribution in [2.75, 3.05) is 26.7 Å². The van der Waals surface area contributed by atoms with Crippen molar-refractivity contribution in [1.29, 1.82) is 0 Å². The van der Waals surface area contributed by atoms with Gasteiger partial charge >= 0.3 is 5.97 Å². The molecule has 0 radical (unpaired) electrons. The Morgan fingerprint density at radius 1 is 1.59 bits per heavy atom. The Bertz CT molecular complexity index is 264. The van der Waals surface area contributed by atoms with Gasteiger partial charge in [0.05, 0.1) is 12.5 Å². The topological polar surface area (TPSA) is 55.6 Å². The van der Waals surface area contributed by atoms with Gasteiger partial charge in [-0.1, -0.05) is 0 Å². The fraction of sp³-hybridized carbons (Fsp3) is 0.923. The lowest BCUT2D eigenvalue weighted by atomic mass is 9.88. The molecule has 0 aromatic heterocycles. The third kappa shape index (κ3) is 3.96. The number of likely N-dealkylation sites (tertiary alicyclic amines) is 1. The predicted octanol–water partition coefficient (Wildman–Crippen LogP) is 1.24. The van der Waals surface area contributed by atoms with Crippen LogP contribution < -0.4 is 5.73 Å². The van der Waals surface area contributed by atoms with Gasteiger partial charge in [0.1, 0.15) is 0 Å². The molecule has 0 saturated carbocycles. The fourth-order valence-corrected chi connectivity index (χ4v) is 2.56. The standard InChI is InChI=1S/C13H26N2O2/c1-10(14)11-6-5-7-15(8-11)9-13(2,3)12(16)17-4/h10-11H,5-9,14H2,1-4H3. The fourth-order valence-electron chi connectivity index (χ4n) is 2.56. The van der Waals surface area contributed by atoms with Crippen molar-refractivity contribution in [2.24, 2.45) is 17.1 Å². The lowest BCUT2D eigenvalue weighted by molar-refractivity contribution is -0.152. The molecule has 1 fully saturated rings. The number of rotatable bonds is 4. The van der Waals surface area contributed by atoms with Crippen molar-refractivity contribution >= 4 is 5.97 Å². The van der Waals surface area contributed by atoms with Crippen molar-refractivity contribution in [3.05, 3.63) is 0 Å². The molecule has 4 heteroatoms. The van der Waals surface area contributed by atoms with Gasteiger partial charge in [0, 0.05) is 19.1 Å². The molecule has 0 spiro atoms. The molecule has 0 amide bonds. The molecule has 1 rings (SSSR count). The van der Waals surface area contributed by atoms with E-state index in [9.17, 15) is 4.79 Å². The molecular weight excluding hydrogens is 216 g/mol. The minimum absolute atomic E-state index is 0.138. The summed E-state index contributed by atoms with van der Waals surface area (Å²) in [7, 11) is 1.45. The van der Waals surface area contributed by atoms with Crippen LogP contribution in [0.3, 0.4) is 0 Å². The highest BCUT2D eigenvalue weighted by Crippen LogP contribution is 2.24. The van der Waals surface area contributed by atoms with Crippen LogP contribution in [0.2, 0.25) is 0 Å². The Hall–Kier alpha value is -0.610. The van der Waals surface area contributed by atoms with Crippen LogP contribution in [0.25, 0.3) is 0 Å². The van der Waals surface area contributed by atoms with Crippen molar-refractivity contribution in [3.63, 3.8) is 0 Å². The molecule has 1 aliphatic heterocycles. The van der Waals surface area contributed by atoms with Gasteiger partial charge in [-0.2, -0.15) is 0 Å². The van der Waals surface area contributed by atoms with E-state index in [-0.39, 0.29) is 12.0 Å². The summed E-state index contributed by atoms with van der Waals surface area (Å²) in [4.78, 5) is 14.0. The Labute approximate surface area is 104 Å². The van der Waals surface area contributed by atoms with Crippen LogP contribution in [0.15, 0.2) is 0 Å². The van der Waals surface area contributed by atoms with Crippen LogP contribution in [-0.2, 0) is 9.53 Å². The van der Waals surface area contributed by atoms with E-state index in [0.717, 1.165) is 19.6 Å². The summed E-state index contributed by atoms with van der Waals surface area (Å²) in [5, 5.41) is 0. The van der Waals surface area contributed by atoms with Gasteiger partial charge in [-0.3, -0.25) is 4.79 Å². The molecule has 0 bridgehead atoms. The minimum Gasteiger partial charge on any atom is -0.469 e. The highest BCUT2D eigenvalue weighted by molar-refractivity contribution is 5.76. The number of nitrogens with zero attached hydrogens (tertiary/aromatic N) is 1. The number of methoxy groups -OCH3 is 1. The van der Waals surface area contributed by atoms with E-state index in [2.05, 4.69) is 11.8 Å². The van der Waals surface area contributed by atoms with Crippen LogP contribution in [-0.4, -0.2) is 43.7 Å². The smallest absolute Gasteiger partial charge is 0.312 e. The average molecular weight is 242 g/mol. The molecule has 2 unspecified atom stereocenters. The summed E-state index contributed by atoms with van der Waals surface area (Å²) in [5.74, 6) is 0.414. The molecule has 0 aromatic carbocycles. The first kappa shape index (κ1) is 14.5. The van der Waals surface area contributed by atoms with Gasteiger partial charge in [-0.15, -0.1) is 0 Å². The van der Waals surface area contributed by atoms with Crippen LogP contribution >= 0.6 is 0 Å². The maximum absolute atomic E-state index is 11.6. The van der Waals surface area contributed by atoms with Crippen LogP contribution in [0.1, 0.15) is 33.6 Å². The summed E-state index contributed by atoms with van der Waals surface area (Å²) in [6.07, 6.45) is 2.37. The molecule has 4 nitrogen and oxygen atoms in total. The highest BCUT2D eigenvalue weighted by Gasteiger charge is 2.33. The minimum atomic E-state index is -0.436. The average Bonchev–Trinajstić information content (AvgIpc) is 2.27. The lowest BCUT2D eigenvalue weighted by Crippen LogP contribution is -2.47. The molecule has 1 aliphatic rings. The van der Waals surface area contributed by atoms with Gasteiger partial charge in [0.15, 0.2) is 0 Å². The summed E-state index contributed by atoms with van der Waals surface area (Å²) in [5.41, 5.74) is 5.52. The van der Waals surface area contributed by atoms with Gasteiger partial charge in [0.2, 0.25) is 0 Å². The number of carbonyl (C=O) groups excluding carboxylic acids is 1. The molecule has 2 atom stereocenters. The maximum atomic E-state index is 11.6. The maximum Gasteiger partial charge on any atom is 0.312 e. The SMILES string of the molecule is COC(=O)C(C)(C)CN1CCCC(C(C)N)C1. The van der Waals surface area contributed by atoms with E-state index in [0.29, 0.717) is 5.92 Å². The Morgan fingerprint density at radius 2 is 2.24 bits per heavy atom. The number of esters is 1. The summed E-state index contributed by atoms with van der Waals surface area (Å²) >= 11 is 0. The molecule has 17 heavy (non-hydrogen) atoms. The first-order valence-electron chi connectivity index (χ1n) is 6.43. The molecule has 2 N–H and O–H groups in total. The zero-order valence-electron chi connectivity index (χ0n) is 11.5. The van der Waals surface area contributed by atoms with Crippen molar-refractivity contribution < 1.29 is 9.53 Å². The Morgan fingerprint density at radius 3 is 2.76 bits per heavy atom. The molecule has 1 heterocycles. The summed E-state index contributed by atoms with van der Waals surface area (Å²) in [6, 6.07) is 0.235.